The molecule has 0 aromatic carbocycles. The van der Waals surface area contributed by atoms with Gasteiger partial charge in [0, 0.05) is 6.42 Å². The summed E-state index contributed by atoms with van der Waals surface area (Å²) in [7, 11) is 0. The fraction of sp³-hybridized carbons (Fsp3) is 0.625. The summed E-state index contributed by atoms with van der Waals surface area (Å²) in [6.45, 7) is 7.09. The molecule has 0 aliphatic rings. The largest absolute Gasteiger partial charge is 0.295 e. The highest BCUT2D eigenvalue weighted by molar-refractivity contribution is 5.88. The zero-order valence-electron chi connectivity index (χ0n) is 5.89. The van der Waals surface area contributed by atoms with E-state index in [1.165, 1.54) is 0 Å². The third-order valence-corrected chi connectivity index (χ3v) is 1.21. The van der Waals surface area contributed by atoms with E-state index in [2.05, 4.69) is 6.92 Å². The molecule has 0 heterocycles. The molecular weight excluding hydrogens is 112 g/mol. The Bertz CT molecular complexity index is 94.7. The normalized spacial score (nSPS) is 9.00. The van der Waals surface area contributed by atoms with E-state index in [9.17, 15) is 4.79 Å². The first-order valence-electron chi connectivity index (χ1n) is 3.39. The third kappa shape index (κ3) is 5.28. The zero-order valence-corrected chi connectivity index (χ0v) is 5.89. The van der Waals surface area contributed by atoms with E-state index in [-0.39, 0.29) is 5.78 Å². The number of rotatable bonds is 5. The van der Waals surface area contributed by atoms with Crippen molar-refractivity contribution in [1.29, 1.82) is 0 Å². The second-order valence-electron chi connectivity index (χ2n) is 2.09. The first-order chi connectivity index (χ1) is 4.31. The summed E-state index contributed by atoms with van der Waals surface area (Å²) in [5.74, 6) is 0.0588. The van der Waals surface area contributed by atoms with Crippen LogP contribution in [0, 0.1) is 6.58 Å². The molecule has 0 rings (SSSR count). The molecule has 0 N–H and O–H groups in total. The lowest BCUT2D eigenvalue weighted by Gasteiger charge is -1.91. The van der Waals surface area contributed by atoms with Crippen LogP contribution in [0.5, 0.6) is 0 Å². The fourth-order valence-corrected chi connectivity index (χ4v) is 0.633. The molecule has 0 spiro atoms. The Hall–Kier alpha value is -0.590. The van der Waals surface area contributed by atoms with E-state index in [1.807, 2.05) is 0 Å². The molecule has 0 fully saturated rings. The number of ketones is 1. The van der Waals surface area contributed by atoms with Crippen molar-refractivity contribution in [2.45, 2.75) is 32.6 Å². The van der Waals surface area contributed by atoms with E-state index >= 15 is 0 Å². The van der Waals surface area contributed by atoms with Gasteiger partial charge in [-0.1, -0.05) is 26.3 Å². The van der Waals surface area contributed by atoms with Gasteiger partial charge in [-0.3, -0.25) is 4.79 Å². The van der Waals surface area contributed by atoms with Gasteiger partial charge in [-0.25, -0.2) is 0 Å². The predicted molar refractivity (Wildman–Crippen MR) is 38.0 cm³/mol. The van der Waals surface area contributed by atoms with Crippen LogP contribution < -0.4 is 0 Å². The monoisotopic (exact) mass is 125 g/mol. The van der Waals surface area contributed by atoms with Crippen molar-refractivity contribution in [3.05, 3.63) is 12.7 Å². The Balaban J connectivity index is 3.07. The van der Waals surface area contributed by atoms with Gasteiger partial charge in [-0.05, 0) is 12.5 Å². The van der Waals surface area contributed by atoms with E-state index in [0.717, 1.165) is 25.3 Å². The van der Waals surface area contributed by atoms with Crippen LogP contribution in [-0.2, 0) is 4.79 Å². The maximum absolute atomic E-state index is 10.5. The molecule has 0 amide bonds. The highest BCUT2D eigenvalue weighted by Crippen LogP contribution is 1.99. The minimum atomic E-state index is 0.0588. The molecule has 0 atom stereocenters. The Morgan fingerprint density at radius 3 is 2.67 bits per heavy atom. The Morgan fingerprint density at radius 1 is 1.56 bits per heavy atom. The quantitative estimate of drug-likeness (QED) is 0.406. The Morgan fingerprint density at radius 2 is 2.22 bits per heavy atom. The summed E-state index contributed by atoms with van der Waals surface area (Å²) < 4.78 is 0. The molecular formula is C8H13O. The molecule has 0 bridgehead atoms. The van der Waals surface area contributed by atoms with Gasteiger partial charge in [0.15, 0.2) is 5.78 Å². The fourth-order valence-electron chi connectivity index (χ4n) is 0.633. The topological polar surface area (TPSA) is 17.1 Å². The van der Waals surface area contributed by atoms with E-state index in [4.69, 9.17) is 6.58 Å². The first-order valence-corrected chi connectivity index (χ1v) is 3.39. The number of allylic oxidation sites excluding steroid dienone is 1. The lowest BCUT2D eigenvalue weighted by molar-refractivity contribution is -0.114. The number of carbonyl (C=O) groups is 1. The first kappa shape index (κ1) is 8.41. The van der Waals surface area contributed by atoms with Crippen molar-refractivity contribution in [2.24, 2.45) is 0 Å². The molecule has 0 aromatic rings. The van der Waals surface area contributed by atoms with Gasteiger partial charge in [0.25, 0.3) is 0 Å². The molecule has 1 nitrogen and oxygen atoms in total. The van der Waals surface area contributed by atoms with Gasteiger partial charge in [0.1, 0.15) is 0 Å². The highest BCUT2D eigenvalue weighted by atomic mass is 16.1. The number of carbonyl (C=O) groups excluding carboxylic acids is 1. The van der Waals surface area contributed by atoms with Crippen LogP contribution in [0.1, 0.15) is 32.6 Å². The molecule has 1 heteroatoms. The zero-order chi connectivity index (χ0) is 7.11. The van der Waals surface area contributed by atoms with Crippen LogP contribution >= 0.6 is 0 Å². The van der Waals surface area contributed by atoms with Gasteiger partial charge in [0.05, 0.1) is 0 Å². The summed E-state index contributed by atoms with van der Waals surface area (Å²) in [6.07, 6.45) is 5.01. The van der Waals surface area contributed by atoms with Crippen LogP contribution in [0.2, 0.25) is 0 Å². The molecule has 0 aliphatic heterocycles. The van der Waals surface area contributed by atoms with Crippen molar-refractivity contribution in [3.8, 4) is 0 Å². The van der Waals surface area contributed by atoms with Gasteiger partial charge in [0.2, 0.25) is 0 Å². The average Bonchev–Trinajstić information content (AvgIpc) is 1.89. The lowest BCUT2D eigenvalue weighted by atomic mass is 10.1. The van der Waals surface area contributed by atoms with Crippen LogP contribution in [0.4, 0.5) is 0 Å². The smallest absolute Gasteiger partial charge is 0.155 e. The minimum absolute atomic E-state index is 0.0588. The lowest BCUT2D eigenvalue weighted by Crippen LogP contribution is -1.90. The summed E-state index contributed by atoms with van der Waals surface area (Å²) in [4.78, 5) is 10.5. The Labute approximate surface area is 56.8 Å². The van der Waals surface area contributed by atoms with Crippen molar-refractivity contribution in [1.82, 2.24) is 0 Å². The van der Waals surface area contributed by atoms with Crippen molar-refractivity contribution in [2.75, 3.05) is 0 Å². The number of hydrogen-bond acceptors (Lipinski definition) is 1. The SMILES string of the molecule is [CH]=CC(=O)CCCCC. The van der Waals surface area contributed by atoms with Crippen molar-refractivity contribution >= 4 is 5.78 Å². The van der Waals surface area contributed by atoms with Crippen LogP contribution in [0.15, 0.2) is 6.08 Å². The maximum atomic E-state index is 10.5. The molecule has 51 valence electrons. The molecule has 0 unspecified atom stereocenters. The minimum Gasteiger partial charge on any atom is -0.295 e. The van der Waals surface area contributed by atoms with Gasteiger partial charge < -0.3 is 0 Å². The standard InChI is InChI=1S/C8H13O/c1-3-5-6-7-8(9)4-2/h2,4H,3,5-7H2,1H3. The molecule has 1 radical (unpaired) electrons. The number of unbranched alkanes of at least 4 members (excludes halogenated alkanes) is 2. The molecule has 0 saturated heterocycles. The van der Waals surface area contributed by atoms with Gasteiger partial charge in [-0.2, -0.15) is 0 Å². The predicted octanol–water partition coefficient (Wildman–Crippen LogP) is 2.12. The van der Waals surface area contributed by atoms with E-state index in [1.54, 1.807) is 0 Å². The summed E-state index contributed by atoms with van der Waals surface area (Å²) in [5.41, 5.74) is 0. The van der Waals surface area contributed by atoms with E-state index in [0.29, 0.717) is 6.42 Å². The van der Waals surface area contributed by atoms with E-state index < -0.39 is 0 Å². The molecule has 9 heavy (non-hydrogen) atoms. The average molecular weight is 125 g/mol. The third-order valence-electron chi connectivity index (χ3n) is 1.21. The molecule has 0 aromatic heterocycles. The summed E-state index contributed by atoms with van der Waals surface area (Å²) >= 11 is 0. The maximum Gasteiger partial charge on any atom is 0.155 e. The van der Waals surface area contributed by atoms with Crippen LogP contribution in [-0.4, -0.2) is 5.78 Å². The Kier molecular flexibility index (Phi) is 5.18. The highest BCUT2D eigenvalue weighted by Gasteiger charge is 1.92. The second-order valence-corrected chi connectivity index (χ2v) is 2.09. The molecule has 0 saturated carbocycles. The second kappa shape index (κ2) is 5.54. The van der Waals surface area contributed by atoms with Crippen LogP contribution in [0.25, 0.3) is 0 Å². The van der Waals surface area contributed by atoms with Gasteiger partial charge >= 0.3 is 0 Å². The van der Waals surface area contributed by atoms with Crippen LogP contribution in [0.3, 0.4) is 0 Å². The number of hydrogen-bond donors (Lipinski definition) is 0. The van der Waals surface area contributed by atoms with Crippen molar-refractivity contribution < 1.29 is 4.79 Å². The van der Waals surface area contributed by atoms with Gasteiger partial charge in [-0.15, -0.1) is 0 Å². The van der Waals surface area contributed by atoms with Crippen molar-refractivity contribution in [3.63, 3.8) is 0 Å². The molecule has 0 aliphatic carbocycles. The summed E-state index contributed by atoms with van der Waals surface area (Å²) in [6, 6.07) is 0. The summed E-state index contributed by atoms with van der Waals surface area (Å²) in [5, 5.41) is 0.